The van der Waals surface area contributed by atoms with E-state index in [-0.39, 0.29) is 5.02 Å². The van der Waals surface area contributed by atoms with Crippen molar-refractivity contribution in [3.8, 4) is 0 Å². The van der Waals surface area contributed by atoms with E-state index in [0.717, 1.165) is 29.5 Å². The van der Waals surface area contributed by atoms with Crippen LogP contribution in [0, 0.1) is 5.82 Å². The number of benzene rings is 2. The van der Waals surface area contributed by atoms with Crippen LogP contribution in [-0.2, 0) is 12.8 Å². The molecule has 0 aromatic heterocycles. The molecule has 1 N–H and O–H groups in total. The van der Waals surface area contributed by atoms with Crippen molar-refractivity contribution in [3.05, 3.63) is 69.5 Å². The lowest BCUT2D eigenvalue weighted by Crippen LogP contribution is -2.06. The molecule has 0 aliphatic carbocycles. The highest BCUT2D eigenvalue weighted by Gasteiger charge is 2.18. The Balaban J connectivity index is 2.51. The van der Waals surface area contributed by atoms with Gasteiger partial charge in [0, 0.05) is 5.56 Å². The van der Waals surface area contributed by atoms with Crippen LogP contribution in [0.4, 0.5) is 4.39 Å². The molecule has 0 aliphatic heterocycles. The van der Waals surface area contributed by atoms with Crippen LogP contribution in [0.2, 0.25) is 5.02 Å². The van der Waals surface area contributed by atoms with Crippen LogP contribution in [0.15, 0.2) is 36.4 Å². The first-order valence-electron chi connectivity index (χ1n) is 6.82. The lowest BCUT2D eigenvalue weighted by atomic mass is 9.93. The molecule has 2 aromatic rings. The standard InChI is InChI=1S/C17H18ClFO/c1-3-11-8-9-12(4-2)14(10-11)17(20)13-6-5-7-15(19)16(13)18/h5-10,17,20H,3-4H2,1-2H3. The minimum atomic E-state index is -0.903. The molecule has 0 amide bonds. The highest BCUT2D eigenvalue weighted by molar-refractivity contribution is 6.31. The van der Waals surface area contributed by atoms with Gasteiger partial charge in [-0.05, 0) is 35.6 Å². The number of hydrogen-bond acceptors (Lipinski definition) is 1. The number of aliphatic hydroxyl groups is 1. The molecule has 0 spiro atoms. The van der Waals surface area contributed by atoms with E-state index in [1.807, 2.05) is 19.1 Å². The van der Waals surface area contributed by atoms with Gasteiger partial charge in [0.05, 0.1) is 5.02 Å². The monoisotopic (exact) mass is 292 g/mol. The van der Waals surface area contributed by atoms with Crippen LogP contribution in [0.3, 0.4) is 0 Å². The average Bonchev–Trinajstić information content (AvgIpc) is 2.48. The van der Waals surface area contributed by atoms with Gasteiger partial charge in [-0.15, -0.1) is 0 Å². The third-order valence-corrected chi connectivity index (χ3v) is 3.97. The van der Waals surface area contributed by atoms with Gasteiger partial charge in [-0.3, -0.25) is 0 Å². The van der Waals surface area contributed by atoms with Crippen molar-refractivity contribution in [2.75, 3.05) is 0 Å². The molecule has 0 heterocycles. The van der Waals surface area contributed by atoms with Crippen LogP contribution < -0.4 is 0 Å². The Hall–Kier alpha value is -1.38. The first kappa shape index (κ1) is 15.0. The number of rotatable bonds is 4. The second kappa shape index (κ2) is 6.38. The largest absolute Gasteiger partial charge is 0.384 e. The van der Waals surface area contributed by atoms with E-state index < -0.39 is 11.9 Å². The van der Waals surface area contributed by atoms with E-state index >= 15 is 0 Å². The second-order valence-corrected chi connectivity index (χ2v) is 5.16. The molecule has 0 aliphatic rings. The van der Waals surface area contributed by atoms with Gasteiger partial charge in [0.1, 0.15) is 11.9 Å². The molecule has 0 fully saturated rings. The predicted molar refractivity (Wildman–Crippen MR) is 80.7 cm³/mol. The SMILES string of the molecule is CCc1ccc(CC)c(C(O)c2cccc(F)c2Cl)c1. The van der Waals surface area contributed by atoms with Crippen molar-refractivity contribution >= 4 is 11.6 Å². The normalized spacial score (nSPS) is 12.4. The van der Waals surface area contributed by atoms with Crippen molar-refractivity contribution in [3.63, 3.8) is 0 Å². The van der Waals surface area contributed by atoms with Crippen LogP contribution in [-0.4, -0.2) is 5.11 Å². The molecule has 2 aromatic carbocycles. The summed E-state index contributed by atoms with van der Waals surface area (Å²) in [5.41, 5.74) is 3.41. The Kier molecular flexibility index (Phi) is 4.79. The van der Waals surface area contributed by atoms with E-state index in [0.29, 0.717) is 5.56 Å². The molecule has 20 heavy (non-hydrogen) atoms. The van der Waals surface area contributed by atoms with Gasteiger partial charge in [0.15, 0.2) is 0 Å². The second-order valence-electron chi connectivity index (χ2n) is 4.79. The minimum absolute atomic E-state index is 0.0102. The zero-order chi connectivity index (χ0) is 14.7. The molecule has 3 heteroatoms. The van der Waals surface area contributed by atoms with Gasteiger partial charge >= 0.3 is 0 Å². The summed E-state index contributed by atoms with van der Waals surface area (Å²) in [7, 11) is 0. The smallest absolute Gasteiger partial charge is 0.142 e. The quantitative estimate of drug-likeness (QED) is 0.867. The third kappa shape index (κ3) is 2.87. The van der Waals surface area contributed by atoms with Gasteiger partial charge in [-0.1, -0.05) is 55.8 Å². The van der Waals surface area contributed by atoms with Gasteiger partial charge in [0.25, 0.3) is 0 Å². The molecular weight excluding hydrogens is 275 g/mol. The fraction of sp³-hybridized carbons (Fsp3) is 0.294. The number of aryl methyl sites for hydroxylation is 2. The molecule has 1 nitrogen and oxygen atoms in total. The Labute approximate surface area is 124 Å². The molecule has 0 bridgehead atoms. The molecule has 1 unspecified atom stereocenters. The highest BCUT2D eigenvalue weighted by atomic mass is 35.5. The maximum Gasteiger partial charge on any atom is 0.142 e. The summed E-state index contributed by atoms with van der Waals surface area (Å²) >= 11 is 5.97. The van der Waals surface area contributed by atoms with Crippen LogP contribution >= 0.6 is 11.6 Å². The molecule has 0 radical (unpaired) electrons. The number of hydrogen-bond donors (Lipinski definition) is 1. The van der Waals surface area contributed by atoms with Crippen molar-refractivity contribution in [1.29, 1.82) is 0 Å². The van der Waals surface area contributed by atoms with E-state index in [2.05, 4.69) is 13.0 Å². The average molecular weight is 293 g/mol. The molecule has 2 rings (SSSR count). The van der Waals surface area contributed by atoms with Crippen LogP contribution in [0.1, 0.15) is 42.2 Å². The molecular formula is C17H18ClFO. The zero-order valence-electron chi connectivity index (χ0n) is 11.7. The first-order chi connectivity index (χ1) is 9.58. The summed E-state index contributed by atoms with van der Waals surface area (Å²) in [6.07, 6.45) is 0.795. The van der Waals surface area contributed by atoms with Crippen molar-refractivity contribution < 1.29 is 9.50 Å². The Morgan fingerprint density at radius 3 is 2.50 bits per heavy atom. The van der Waals surface area contributed by atoms with Gasteiger partial charge in [-0.2, -0.15) is 0 Å². The van der Waals surface area contributed by atoms with Gasteiger partial charge in [-0.25, -0.2) is 4.39 Å². The van der Waals surface area contributed by atoms with E-state index in [1.165, 1.54) is 6.07 Å². The molecule has 1 atom stereocenters. The highest BCUT2D eigenvalue weighted by Crippen LogP contribution is 2.32. The lowest BCUT2D eigenvalue weighted by Gasteiger charge is -2.18. The summed E-state index contributed by atoms with van der Waals surface area (Å²) in [4.78, 5) is 0. The lowest BCUT2D eigenvalue weighted by molar-refractivity contribution is 0.218. The predicted octanol–water partition coefficient (Wildman–Crippen LogP) is 4.69. The first-order valence-corrected chi connectivity index (χ1v) is 7.19. The Bertz CT molecular complexity index is 610. The van der Waals surface area contributed by atoms with E-state index in [9.17, 15) is 9.50 Å². The maximum absolute atomic E-state index is 13.5. The number of aliphatic hydroxyl groups excluding tert-OH is 1. The fourth-order valence-corrected chi connectivity index (χ4v) is 2.57. The Morgan fingerprint density at radius 1 is 1.10 bits per heavy atom. The third-order valence-electron chi connectivity index (χ3n) is 3.57. The summed E-state index contributed by atoms with van der Waals surface area (Å²) in [6.45, 7) is 4.09. The summed E-state index contributed by atoms with van der Waals surface area (Å²) < 4.78 is 13.5. The van der Waals surface area contributed by atoms with Crippen molar-refractivity contribution in [2.45, 2.75) is 32.8 Å². The minimum Gasteiger partial charge on any atom is -0.384 e. The molecule has 0 saturated heterocycles. The molecule has 0 saturated carbocycles. The summed E-state index contributed by atoms with van der Waals surface area (Å²) in [5.74, 6) is -0.507. The molecule has 106 valence electrons. The van der Waals surface area contributed by atoms with Gasteiger partial charge in [0.2, 0.25) is 0 Å². The summed E-state index contributed by atoms with van der Waals surface area (Å²) in [5, 5.41) is 10.6. The maximum atomic E-state index is 13.5. The van der Waals surface area contributed by atoms with Crippen LogP contribution in [0.25, 0.3) is 0 Å². The van der Waals surface area contributed by atoms with Crippen LogP contribution in [0.5, 0.6) is 0 Å². The topological polar surface area (TPSA) is 20.2 Å². The number of halogens is 2. The fourth-order valence-electron chi connectivity index (χ4n) is 2.34. The van der Waals surface area contributed by atoms with Crippen molar-refractivity contribution in [1.82, 2.24) is 0 Å². The van der Waals surface area contributed by atoms with E-state index in [1.54, 1.807) is 12.1 Å². The Morgan fingerprint density at radius 2 is 1.85 bits per heavy atom. The van der Waals surface area contributed by atoms with Gasteiger partial charge < -0.3 is 5.11 Å². The van der Waals surface area contributed by atoms with Crippen molar-refractivity contribution in [2.24, 2.45) is 0 Å². The summed E-state index contributed by atoms with van der Waals surface area (Å²) in [6, 6.07) is 10.6. The zero-order valence-corrected chi connectivity index (χ0v) is 12.4. The van der Waals surface area contributed by atoms with E-state index in [4.69, 9.17) is 11.6 Å².